The summed E-state index contributed by atoms with van der Waals surface area (Å²) in [6, 6.07) is 20.2. The van der Waals surface area contributed by atoms with Crippen LogP contribution >= 0.6 is 0 Å². The maximum atomic E-state index is 10.3. The third kappa shape index (κ3) is 16.8. The van der Waals surface area contributed by atoms with Crippen molar-refractivity contribution < 1.29 is 61.4 Å². The first-order valence-corrected chi connectivity index (χ1v) is 9.82. The van der Waals surface area contributed by atoms with Crippen molar-refractivity contribution in [3.05, 3.63) is 106 Å². The molecule has 37 heavy (non-hydrogen) atoms. The maximum Gasteiger partial charge on any atom is 3.00 e. The van der Waals surface area contributed by atoms with Crippen molar-refractivity contribution in [3.63, 3.8) is 0 Å². The molecule has 0 fully saturated rings. The minimum absolute atomic E-state index is 0. The van der Waals surface area contributed by atoms with E-state index in [-0.39, 0.29) is 34.1 Å². The van der Waals surface area contributed by atoms with E-state index >= 15 is 0 Å². The molecule has 0 heterocycles. The van der Waals surface area contributed by atoms with Crippen molar-refractivity contribution in [3.8, 4) is 0 Å². The molecule has 0 aliphatic carbocycles. The zero-order valence-corrected chi connectivity index (χ0v) is 21.9. The third-order valence-electron chi connectivity index (χ3n) is 4.09. The Kier molecular flexibility index (Phi) is 26.6. The average Bonchev–Trinajstić information content (AvgIpc) is 2.89. The van der Waals surface area contributed by atoms with E-state index in [1.807, 2.05) is 20.4 Å². The predicted octanol–water partition coefficient (Wildman–Crippen LogP) is 0.518. The summed E-state index contributed by atoms with van der Waals surface area (Å²) >= 11 is 0. The van der Waals surface area contributed by atoms with Gasteiger partial charge in [-0.05, 0) is 37.5 Å². The fourth-order valence-electron chi connectivity index (χ4n) is 2.41. The molecule has 0 aromatic heterocycles. The van der Waals surface area contributed by atoms with Gasteiger partial charge in [0.25, 0.3) is 0 Å². The Morgan fingerprint density at radius 1 is 0.459 bits per heavy atom. The Morgan fingerprint density at radius 2 is 0.622 bits per heavy atom. The first-order chi connectivity index (χ1) is 17.1. The van der Waals surface area contributed by atoms with E-state index in [0.29, 0.717) is 0 Å². The summed E-state index contributed by atoms with van der Waals surface area (Å²) in [7, 11) is 0. The van der Waals surface area contributed by atoms with Crippen LogP contribution in [-0.4, -0.2) is 38.3 Å². The molecule has 0 saturated heterocycles. The van der Waals surface area contributed by atoms with Crippen molar-refractivity contribution in [2.24, 2.45) is 0 Å². The van der Waals surface area contributed by atoms with Crippen LogP contribution in [0.2, 0.25) is 0 Å². The van der Waals surface area contributed by atoms with Crippen molar-refractivity contribution in [2.45, 2.75) is 20.8 Å². The number of benzene rings is 3. The molecule has 0 spiro atoms. The Bertz CT molecular complexity index is 948. The molecule has 1 radical (unpaired) electrons. The smallest absolute Gasteiger partial charge is 0.545 e. The maximum absolute atomic E-state index is 10.3. The number of carboxylic acid groups (broad SMARTS) is 3. The summed E-state index contributed by atoms with van der Waals surface area (Å²) in [5.41, 5.74) is 3.01. The van der Waals surface area contributed by atoms with Gasteiger partial charge in [0.15, 0.2) is 0 Å². The van der Waals surface area contributed by atoms with Gasteiger partial charge >= 0.3 is 17.4 Å². The fraction of sp³-hybridized carbons (Fsp3) is 0.111. The number of carbonyl (C=O) groups is 6. The van der Waals surface area contributed by atoms with E-state index in [4.69, 9.17) is 14.4 Å². The molecule has 0 N–H and O–H groups in total. The first-order valence-electron chi connectivity index (χ1n) is 9.82. The van der Waals surface area contributed by atoms with Gasteiger partial charge in [0.2, 0.25) is 0 Å². The van der Waals surface area contributed by atoms with E-state index in [2.05, 4.69) is 0 Å². The van der Waals surface area contributed by atoms with E-state index in [1.54, 1.807) is 75.4 Å². The molecule has 0 aliphatic heterocycles. The molecule has 0 saturated carbocycles. The third-order valence-corrected chi connectivity index (χ3v) is 4.09. The Hall–Kier alpha value is -4.39. The molecule has 9 nitrogen and oxygen atoms in total. The minimum Gasteiger partial charge on any atom is -0.545 e. The second kappa shape index (κ2) is 24.7. The van der Waals surface area contributed by atoms with Crippen LogP contribution in [-0.2, 0) is 31.7 Å². The molecule has 0 unspecified atom stereocenters. The Morgan fingerprint density at radius 3 is 0.730 bits per heavy atom. The molecule has 3 aromatic rings. The van der Waals surface area contributed by atoms with Gasteiger partial charge in [0, 0.05) is 16.7 Å². The van der Waals surface area contributed by atoms with Crippen molar-refractivity contribution in [1.82, 2.24) is 0 Å². The number of carbonyl (C=O) groups excluding carboxylic acids is 6. The largest absolute Gasteiger partial charge is 3.00 e. The predicted molar refractivity (Wildman–Crippen MR) is 128 cm³/mol. The van der Waals surface area contributed by atoms with E-state index < -0.39 is 17.9 Å². The molecule has 0 atom stereocenters. The number of carboxylic acids is 3. The second-order valence-corrected chi connectivity index (χ2v) is 6.31. The monoisotopic (exact) mass is 547 g/mol. The van der Waals surface area contributed by atoms with E-state index in [9.17, 15) is 29.7 Å². The average molecular weight is 548 g/mol. The molecular weight excluding hydrogens is 520 g/mol. The fourth-order valence-corrected chi connectivity index (χ4v) is 2.41. The summed E-state index contributed by atoms with van der Waals surface area (Å²) in [6.07, 6.45) is 0. The van der Waals surface area contributed by atoms with Crippen LogP contribution in [0.4, 0.5) is 0 Å². The molecule has 10 heteroatoms. The summed E-state index contributed by atoms with van der Waals surface area (Å²) < 4.78 is 0. The first kappa shape index (κ1) is 39.8. The van der Waals surface area contributed by atoms with Gasteiger partial charge in [-0.3, -0.25) is 0 Å². The summed E-state index contributed by atoms with van der Waals surface area (Å²) in [4.78, 5) is 54.9. The van der Waals surface area contributed by atoms with Gasteiger partial charge in [-0.1, -0.05) is 72.8 Å². The number of hydrogen-bond donors (Lipinski definition) is 0. The van der Waals surface area contributed by atoms with Crippen LogP contribution in [0, 0.1) is 20.8 Å². The van der Waals surface area contributed by atoms with Gasteiger partial charge in [-0.15, -0.1) is 0 Å². The number of aryl methyl sites for hydroxylation is 3. The van der Waals surface area contributed by atoms with Crippen molar-refractivity contribution in [2.75, 3.05) is 0 Å². The van der Waals surface area contributed by atoms with Crippen LogP contribution in [0.15, 0.2) is 72.8 Å². The van der Waals surface area contributed by atoms with Crippen LogP contribution in [0.25, 0.3) is 0 Å². The number of hydrogen-bond acceptors (Lipinski definition) is 9. The van der Waals surface area contributed by atoms with Gasteiger partial charge < -0.3 is 44.1 Å². The number of rotatable bonds is 3. The Labute approximate surface area is 226 Å². The zero-order valence-electron chi connectivity index (χ0n) is 20.6. The molecule has 0 aliphatic rings. The van der Waals surface area contributed by atoms with E-state index in [0.717, 1.165) is 16.7 Å². The normalized spacial score (nSPS) is 7.86. The van der Waals surface area contributed by atoms with Crippen molar-refractivity contribution in [1.29, 1.82) is 0 Å². The second-order valence-electron chi connectivity index (χ2n) is 6.31. The minimum atomic E-state index is -1.11. The van der Waals surface area contributed by atoms with Gasteiger partial charge in [0.05, 0.1) is 17.9 Å². The zero-order chi connectivity index (χ0) is 28.7. The van der Waals surface area contributed by atoms with E-state index in [1.165, 1.54) is 18.2 Å². The molecule has 0 bridgehead atoms. The summed E-state index contributed by atoms with van der Waals surface area (Å²) in [6.45, 7) is 11.2. The topological polar surface area (TPSA) is 172 Å². The molecular formula is C27H27CrO9. The van der Waals surface area contributed by atoms with Crippen molar-refractivity contribution >= 4 is 38.3 Å². The van der Waals surface area contributed by atoms with Crippen LogP contribution < -0.4 is 15.3 Å². The van der Waals surface area contributed by atoms with Gasteiger partial charge in [-0.25, -0.2) is 0 Å². The van der Waals surface area contributed by atoms with Crippen LogP contribution in [0.1, 0.15) is 47.8 Å². The molecule has 0 amide bonds. The quantitative estimate of drug-likeness (QED) is 0.453. The van der Waals surface area contributed by atoms with Crippen LogP contribution in [0.5, 0.6) is 0 Å². The summed E-state index contributed by atoms with van der Waals surface area (Å²) in [5.74, 6) is -3.34. The van der Waals surface area contributed by atoms with Gasteiger partial charge in [0.1, 0.15) is 20.4 Å². The molecule has 3 rings (SSSR count). The molecule has 3 aromatic carbocycles. The standard InChI is InChI=1S/3C8H8O2.3CH2O.Cr/c3*1-6-4-2-3-5-7(6)8(9)10;3*1-2;/h3*2-5H,1H3,(H,9,10);3*1H2;/q;;;;;;+3/p-3. The Balaban J connectivity index is -0.000000197. The summed E-state index contributed by atoms with van der Waals surface area (Å²) in [5, 5.41) is 30.9. The number of aromatic carboxylic acids is 3. The van der Waals surface area contributed by atoms with Crippen LogP contribution in [0.3, 0.4) is 0 Å². The SMILES string of the molecule is C=O.C=O.C=O.Cc1ccccc1C(=O)[O-].Cc1ccccc1C(=O)[O-].Cc1ccccc1C(=O)[O-].[Cr+3]. The molecule has 195 valence electrons. The van der Waals surface area contributed by atoms with Gasteiger partial charge in [-0.2, -0.15) is 0 Å².